The first-order valence-electron chi connectivity index (χ1n) is 7.82. The molecule has 0 aromatic carbocycles. The minimum Gasteiger partial charge on any atom is -0.462 e. The number of hydrogen-bond acceptors (Lipinski definition) is 3. The molecule has 0 bridgehead atoms. The molecule has 1 rings (SSSR count). The third-order valence-electron chi connectivity index (χ3n) is 4.40. The van der Waals surface area contributed by atoms with Gasteiger partial charge in [0.05, 0.1) is 12.2 Å². The first kappa shape index (κ1) is 16.5. The maximum Gasteiger partial charge on any atom is 0.305 e. The lowest BCUT2D eigenvalue weighted by molar-refractivity contribution is -0.153. The van der Waals surface area contributed by atoms with E-state index in [-0.39, 0.29) is 12.1 Å². The highest BCUT2D eigenvalue weighted by molar-refractivity contribution is 5.69. The smallest absolute Gasteiger partial charge is 0.305 e. The van der Waals surface area contributed by atoms with Crippen LogP contribution < -0.4 is 0 Å². The number of rotatable bonds is 6. The fourth-order valence-electron chi connectivity index (χ4n) is 2.99. The molecule has 1 aliphatic rings. The zero-order valence-electron chi connectivity index (χ0n) is 13.1. The van der Waals surface area contributed by atoms with Crippen molar-refractivity contribution in [2.24, 2.45) is 11.8 Å². The molecule has 1 saturated carbocycles. The first-order chi connectivity index (χ1) is 8.97. The average Bonchev–Trinajstić information content (AvgIpc) is 2.38. The molecule has 0 N–H and O–H groups in total. The van der Waals surface area contributed by atoms with Gasteiger partial charge in [-0.05, 0) is 51.4 Å². The van der Waals surface area contributed by atoms with Crippen LogP contribution in [0.2, 0.25) is 0 Å². The fraction of sp³-hybridized carbons (Fsp3) is 0.938. The first-order valence-corrected chi connectivity index (χ1v) is 7.82. The Morgan fingerprint density at radius 3 is 2.47 bits per heavy atom. The maximum atomic E-state index is 11.4. The second-order valence-electron chi connectivity index (χ2n) is 5.98. The van der Waals surface area contributed by atoms with Crippen molar-refractivity contribution in [3.05, 3.63) is 0 Å². The molecule has 19 heavy (non-hydrogen) atoms. The number of hydrogen-bond donors (Lipinski definition) is 0. The summed E-state index contributed by atoms with van der Waals surface area (Å²) in [6.45, 7) is 10.4. The van der Waals surface area contributed by atoms with E-state index in [2.05, 4.69) is 20.8 Å². The van der Waals surface area contributed by atoms with Crippen molar-refractivity contribution in [3.63, 3.8) is 0 Å². The van der Waals surface area contributed by atoms with E-state index in [0.717, 1.165) is 25.7 Å². The van der Waals surface area contributed by atoms with Gasteiger partial charge in [-0.2, -0.15) is 0 Å². The molecular formula is C16H30O3. The standard InChI is InChI=1S/C16H30O3/c1-6-12(4)18-14-8-9-15(11(3)10-14)13(5)19-16(17)7-2/h11-15H,6-10H2,1-5H3. The predicted molar refractivity (Wildman–Crippen MR) is 77.0 cm³/mol. The van der Waals surface area contributed by atoms with E-state index < -0.39 is 0 Å². The maximum absolute atomic E-state index is 11.4. The summed E-state index contributed by atoms with van der Waals surface area (Å²) in [5.74, 6) is 0.951. The summed E-state index contributed by atoms with van der Waals surface area (Å²) in [5, 5.41) is 0. The minimum absolute atomic E-state index is 0.0343. The van der Waals surface area contributed by atoms with Crippen molar-refractivity contribution >= 4 is 5.97 Å². The Bertz CT molecular complexity index is 277. The molecule has 0 aliphatic heterocycles. The summed E-state index contributed by atoms with van der Waals surface area (Å²) < 4.78 is 11.5. The Balaban J connectivity index is 2.43. The zero-order valence-corrected chi connectivity index (χ0v) is 13.1. The molecule has 3 nitrogen and oxygen atoms in total. The Morgan fingerprint density at radius 1 is 1.26 bits per heavy atom. The average molecular weight is 270 g/mol. The van der Waals surface area contributed by atoms with Gasteiger partial charge < -0.3 is 9.47 Å². The van der Waals surface area contributed by atoms with Crippen LogP contribution in [0, 0.1) is 11.8 Å². The summed E-state index contributed by atoms with van der Waals surface area (Å²) in [5.41, 5.74) is 0. The van der Waals surface area contributed by atoms with Gasteiger partial charge in [0.1, 0.15) is 6.10 Å². The third-order valence-corrected chi connectivity index (χ3v) is 4.40. The Morgan fingerprint density at radius 2 is 1.95 bits per heavy atom. The van der Waals surface area contributed by atoms with Gasteiger partial charge in [0.25, 0.3) is 0 Å². The van der Waals surface area contributed by atoms with Crippen LogP contribution in [-0.4, -0.2) is 24.3 Å². The number of esters is 1. The van der Waals surface area contributed by atoms with E-state index in [4.69, 9.17) is 9.47 Å². The summed E-state index contributed by atoms with van der Waals surface area (Å²) >= 11 is 0. The van der Waals surface area contributed by atoms with Crippen LogP contribution in [0.5, 0.6) is 0 Å². The lowest BCUT2D eigenvalue weighted by atomic mass is 9.76. The Kier molecular flexibility index (Phi) is 6.84. The van der Waals surface area contributed by atoms with Gasteiger partial charge in [-0.25, -0.2) is 0 Å². The van der Waals surface area contributed by atoms with Gasteiger partial charge in [0.2, 0.25) is 0 Å². The molecule has 1 aliphatic carbocycles. The number of carbonyl (C=O) groups is 1. The van der Waals surface area contributed by atoms with Crippen LogP contribution in [-0.2, 0) is 14.3 Å². The van der Waals surface area contributed by atoms with Crippen molar-refractivity contribution in [2.75, 3.05) is 0 Å². The van der Waals surface area contributed by atoms with Crippen molar-refractivity contribution in [3.8, 4) is 0 Å². The van der Waals surface area contributed by atoms with E-state index in [1.165, 1.54) is 0 Å². The molecule has 5 unspecified atom stereocenters. The summed E-state index contributed by atoms with van der Waals surface area (Å²) in [7, 11) is 0. The highest BCUT2D eigenvalue weighted by Gasteiger charge is 2.33. The zero-order chi connectivity index (χ0) is 14.4. The van der Waals surface area contributed by atoms with Crippen molar-refractivity contribution in [1.29, 1.82) is 0 Å². The predicted octanol–water partition coefficient (Wildman–Crippen LogP) is 3.95. The molecule has 0 amide bonds. The van der Waals surface area contributed by atoms with E-state index >= 15 is 0 Å². The molecule has 0 saturated heterocycles. The highest BCUT2D eigenvalue weighted by atomic mass is 16.5. The second kappa shape index (κ2) is 7.88. The topological polar surface area (TPSA) is 35.5 Å². The molecule has 112 valence electrons. The third kappa shape index (κ3) is 5.13. The minimum atomic E-state index is -0.0855. The summed E-state index contributed by atoms with van der Waals surface area (Å²) in [6, 6.07) is 0. The van der Waals surface area contributed by atoms with Crippen molar-refractivity contribution in [2.45, 2.75) is 85.0 Å². The van der Waals surface area contributed by atoms with Gasteiger partial charge in [0, 0.05) is 6.42 Å². The highest BCUT2D eigenvalue weighted by Crippen LogP contribution is 2.35. The Labute approximate surface area is 118 Å². The van der Waals surface area contributed by atoms with Gasteiger partial charge >= 0.3 is 5.97 Å². The molecule has 0 radical (unpaired) electrons. The fourth-order valence-corrected chi connectivity index (χ4v) is 2.99. The molecule has 5 atom stereocenters. The Hall–Kier alpha value is -0.570. The normalized spacial score (nSPS) is 30.7. The quantitative estimate of drug-likeness (QED) is 0.686. The van der Waals surface area contributed by atoms with Gasteiger partial charge in [-0.15, -0.1) is 0 Å². The molecule has 0 spiro atoms. The van der Waals surface area contributed by atoms with E-state index in [0.29, 0.717) is 30.5 Å². The van der Waals surface area contributed by atoms with Crippen LogP contribution in [0.4, 0.5) is 0 Å². The van der Waals surface area contributed by atoms with Gasteiger partial charge in [-0.3, -0.25) is 4.79 Å². The van der Waals surface area contributed by atoms with Gasteiger partial charge in [-0.1, -0.05) is 20.8 Å². The van der Waals surface area contributed by atoms with E-state index in [9.17, 15) is 4.79 Å². The molecular weight excluding hydrogens is 240 g/mol. The number of carbonyl (C=O) groups excluding carboxylic acids is 1. The molecule has 1 fully saturated rings. The molecule has 3 heteroatoms. The van der Waals surface area contributed by atoms with Gasteiger partial charge in [0.15, 0.2) is 0 Å². The van der Waals surface area contributed by atoms with E-state index in [1.54, 1.807) is 0 Å². The second-order valence-corrected chi connectivity index (χ2v) is 5.98. The molecule has 0 aromatic rings. The van der Waals surface area contributed by atoms with Crippen LogP contribution in [0.25, 0.3) is 0 Å². The van der Waals surface area contributed by atoms with E-state index in [1.807, 2.05) is 13.8 Å². The number of ether oxygens (including phenoxy) is 2. The largest absolute Gasteiger partial charge is 0.462 e. The van der Waals surface area contributed by atoms with Crippen molar-refractivity contribution in [1.82, 2.24) is 0 Å². The lowest BCUT2D eigenvalue weighted by Gasteiger charge is -2.37. The van der Waals surface area contributed by atoms with Crippen LogP contribution in [0.15, 0.2) is 0 Å². The van der Waals surface area contributed by atoms with Crippen LogP contribution >= 0.6 is 0 Å². The summed E-state index contributed by atoms with van der Waals surface area (Å²) in [4.78, 5) is 11.4. The monoisotopic (exact) mass is 270 g/mol. The van der Waals surface area contributed by atoms with Crippen LogP contribution in [0.3, 0.4) is 0 Å². The van der Waals surface area contributed by atoms with Crippen LogP contribution in [0.1, 0.15) is 66.7 Å². The molecule has 0 heterocycles. The molecule has 0 aromatic heterocycles. The SMILES string of the molecule is CCC(=O)OC(C)C1CCC(OC(C)CC)CC1C. The van der Waals surface area contributed by atoms with Crippen molar-refractivity contribution < 1.29 is 14.3 Å². The lowest BCUT2D eigenvalue weighted by Crippen LogP contribution is -2.36. The summed E-state index contributed by atoms with van der Waals surface area (Å²) in [6.07, 6.45) is 5.58.